The average molecular weight is 1520 g/mol. The fourth-order valence-electron chi connectivity index (χ4n) is 13.3. The molecule has 2 aromatic rings. The molecule has 23 N–H and O–H groups in total. The van der Waals surface area contributed by atoms with Crippen LogP contribution in [0.4, 0.5) is 0 Å². The lowest BCUT2D eigenvalue weighted by Crippen LogP contribution is -2.61. The van der Waals surface area contributed by atoms with Gasteiger partial charge in [-0.05, 0) is 133 Å². The van der Waals surface area contributed by atoms with Gasteiger partial charge in [0.05, 0.1) is 19.5 Å². The number of aliphatic hydroxyl groups is 1. The van der Waals surface area contributed by atoms with Crippen molar-refractivity contribution in [3.8, 4) is 0 Å². The molecule has 6 heterocycles. The van der Waals surface area contributed by atoms with E-state index < -0.39 is 163 Å². The van der Waals surface area contributed by atoms with Crippen LogP contribution in [-0.4, -0.2) is 259 Å². The van der Waals surface area contributed by atoms with E-state index in [0.29, 0.717) is 56.2 Å². The number of aliphatic carboxylic acids is 1. The van der Waals surface area contributed by atoms with Gasteiger partial charge in [-0.15, -0.1) is 0 Å². The summed E-state index contributed by atoms with van der Waals surface area (Å²) in [6.45, 7) is 4.48. The molecule has 108 heavy (non-hydrogen) atoms. The SMILES string of the molecule is CCCC[C@H](NC(=O)[C@@H]1CCCN1C(=O)CNC(=O)[C@H](CCCCN)NC(=O)[C@H](Cc1cnc[nH]1)NC(=O)[C@H](CO)NC(=O)[C@H](CC(C)C)NC(=O)[C@H](CCCN=C(N)N)NC(=O)[C@@H]1CCCN1C(=O)[C@H](CCCN=C(N)N)NC(=O)[C@@H]1CCC(=O)N1)C(=O)N1CCC[C@H]1C(=O)N[C@@H](Cc1ccncc1)C(=O)O. The van der Waals surface area contributed by atoms with Crippen LogP contribution in [0.2, 0.25) is 0 Å². The summed E-state index contributed by atoms with van der Waals surface area (Å²) in [4.78, 5) is 217. The number of aliphatic hydroxyl groups excluding tert-OH is 1. The van der Waals surface area contributed by atoms with Gasteiger partial charge in [0, 0.05) is 76.3 Å². The molecule has 0 radical (unpaired) electrons. The summed E-state index contributed by atoms with van der Waals surface area (Å²) in [6, 6.07) is -11.8. The highest BCUT2D eigenvalue weighted by Gasteiger charge is 2.44. The number of aromatic amines is 1. The molecule has 4 aliphatic rings. The molecule has 13 amide bonds. The van der Waals surface area contributed by atoms with Crippen LogP contribution in [0.25, 0.3) is 0 Å². The Morgan fingerprint density at radius 2 is 1.05 bits per heavy atom. The van der Waals surface area contributed by atoms with Crippen molar-refractivity contribution in [2.24, 2.45) is 44.6 Å². The zero-order valence-electron chi connectivity index (χ0n) is 61.6. The van der Waals surface area contributed by atoms with Crippen molar-refractivity contribution in [3.63, 3.8) is 0 Å². The third-order valence-corrected chi connectivity index (χ3v) is 19.0. The van der Waals surface area contributed by atoms with Gasteiger partial charge in [0.2, 0.25) is 76.8 Å². The second kappa shape index (κ2) is 43.9. The molecule has 0 aromatic carbocycles. The molecule has 12 atom stereocenters. The zero-order chi connectivity index (χ0) is 79.0. The first-order valence-electron chi connectivity index (χ1n) is 37.0. The molecule has 2 aromatic heterocycles. The number of rotatable bonds is 44. The normalized spacial score (nSPS) is 19.0. The summed E-state index contributed by atoms with van der Waals surface area (Å²) in [5.41, 5.74) is 28.9. The monoisotopic (exact) mass is 1520 g/mol. The molecular weight excluding hydrogens is 1410 g/mol. The van der Waals surface area contributed by atoms with Crippen LogP contribution in [0.15, 0.2) is 47.0 Å². The standard InChI is InChI=1S/C69H109N23O16/c1-4-5-13-45(65(105)92-31-12-19-53(92)64(104)88-49(67(107)108)33-40-22-27-75-28-23-40)85-62(102)51-17-10-29-90(51)55(95)36-79-56(96)42(14-6-7-24-70)82-60(100)48(34-41-35-76-38-80-41)87-61(101)50(37-93)89-59(99)47(32-39(2)3)86-57(97)43(15-8-25-77-68(71)72)83-63(103)52-18-11-30-91(52)66(106)46(16-9-26-78-69(73)74)84-58(98)44-20-21-54(94)81-44/h22-23,27-28,35,38-39,42-53,93H,4-21,24-26,29-34,36-37,70H2,1-3H3,(H,76,80)(H,79,96)(H,81,94)(H,82,100)(H,83,103)(H,84,98)(H,85,102)(H,86,97)(H,87,101)(H,88,104)(H,89,99)(H,107,108)(H4,71,72,77)(H4,73,74,78)/t42-,43-,44-,45-,46-,47-,48-,49-,50-,51-,52-,53-/m0/s1. The Balaban J connectivity index is 1.10. The topological polar surface area (TPSA) is 606 Å². The van der Waals surface area contributed by atoms with E-state index in [4.69, 9.17) is 28.7 Å². The molecule has 596 valence electrons. The molecule has 0 spiro atoms. The predicted molar refractivity (Wildman–Crippen MR) is 390 cm³/mol. The van der Waals surface area contributed by atoms with Crippen molar-refractivity contribution >= 4 is 94.7 Å². The number of amides is 13. The van der Waals surface area contributed by atoms with Crippen molar-refractivity contribution in [1.29, 1.82) is 0 Å². The number of nitrogens with two attached hydrogens (primary N) is 5. The smallest absolute Gasteiger partial charge is 0.326 e. The number of aromatic nitrogens is 3. The fraction of sp³-hybridized carbons (Fsp3) is 0.652. The van der Waals surface area contributed by atoms with E-state index in [9.17, 15) is 77.3 Å². The number of imidazole rings is 1. The Morgan fingerprint density at radius 1 is 0.565 bits per heavy atom. The number of hydrogen-bond donors (Lipinski definition) is 18. The number of likely N-dealkylation sites (tertiary alicyclic amines) is 3. The van der Waals surface area contributed by atoms with Crippen molar-refractivity contribution in [3.05, 3.63) is 48.3 Å². The zero-order valence-corrected chi connectivity index (χ0v) is 61.6. The van der Waals surface area contributed by atoms with Gasteiger partial charge in [-0.1, -0.05) is 33.6 Å². The molecule has 6 rings (SSSR count). The third-order valence-electron chi connectivity index (χ3n) is 19.0. The fourth-order valence-corrected chi connectivity index (χ4v) is 13.3. The Labute approximate surface area is 625 Å². The number of aliphatic imine (C=N–C) groups is 2. The van der Waals surface area contributed by atoms with Crippen molar-refractivity contribution in [2.45, 2.75) is 228 Å². The number of carboxylic acids is 1. The van der Waals surface area contributed by atoms with E-state index in [1.54, 1.807) is 26.0 Å². The largest absolute Gasteiger partial charge is 0.480 e. The molecule has 39 nitrogen and oxygen atoms in total. The second-order valence-corrected chi connectivity index (χ2v) is 27.8. The number of pyridine rings is 1. The van der Waals surface area contributed by atoms with Crippen LogP contribution in [0.1, 0.15) is 154 Å². The minimum Gasteiger partial charge on any atom is -0.480 e. The quantitative estimate of drug-likeness (QED) is 0.0167. The molecular formula is C69H109N23O16. The number of carboxylic acid groups (broad SMARTS) is 1. The van der Waals surface area contributed by atoms with E-state index >= 15 is 0 Å². The van der Waals surface area contributed by atoms with E-state index in [0.717, 1.165) is 0 Å². The summed E-state index contributed by atoms with van der Waals surface area (Å²) >= 11 is 0. The lowest BCUT2D eigenvalue weighted by atomic mass is 10.0. The predicted octanol–water partition coefficient (Wildman–Crippen LogP) is -5.61. The first-order valence-corrected chi connectivity index (χ1v) is 37.0. The van der Waals surface area contributed by atoms with E-state index in [1.807, 2.05) is 6.92 Å². The minimum atomic E-state index is -1.77. The van der Waals surface area contributed by atoms with Gasteiger partial charge >= 0.3 is 5.97 Å². The van der Waals surface area contributed by atoms with Gasteiger partial charge in [0.25, 0.3) is 0 Å². The van der Waals surface area contributed by atoms with Crippen LogP contribution in [-0.2, 0) is 80.0 Å². The minimum absolute atomic E-state index is 0.00622. The Hall–Kier alpha value is -10.6. The molecule has 4 fully saturated rings. The van der Waals surface area contributed by atoms with Crippen LogP contribution in [0, 0.1) is 5.92 Å². The average Bonchev–Trinajstić information content (AvgIpc) is 1.65. The number of H-pyrrole nitrogens is 1. The Kier molecular flexibility index (Phi) is 35.1. The first kappa shape index (κ1) is 86.3. The summed E-state index contributed by atoms with van der Waals surface area (Å²) in [5.74, 6) is -11.4. The van der Waals surface area contributed by atoms with Gasteiger partial charge in [-0.25, -0.2) is 9.78 Å². The molecule has 4 aliphatic heterocycles. The van der Waals surface area contributed by atoms with Crippen LogP contribution < -0.4 is 81.8 Å². The van der Waals surface area contributed by atoms with Crippen molar-refractivity contribution in [1.82, 2.24) is 82.8 Å². The van der Waals surface area contributed by atoms with E-state index in [-0.39, 0.29) is 153 Å². The van der Waals surface area contributed by atoms with Crippen molar-refractivity contribution < 1.29 is 77.3 Å². The highest BCUT2D eigenvalue weighted by Crippen LogP contribution is 2.25. The number of nitrogens with one attached hydrogen (secondary N) is 11. The number of carbonyl (C=O) groups excluding carboxylic acids is 13. The molecule has 39 heteroatoms. The number of unbranched alkanes of at least 4 members (excludes halogenated alkanes) is 2. The van der Waals surface area contributed by atoms with Gasteiger partial charge in [-0.2, -0.15) is 0 Å². The highest BCUT2D eigenvalue weighted by atomic mass is 16.4. The first-order chi connectivity index (χ1) is 51.6. The summed E-state index contributed by atoms with van der Waals surface area (Å²) in [7, 11) is 0. The molecule has 4 saturated heterocycles. The van der Waals surface area contributed by atoms with Crippen LogP contribution in [0.5, 0.6) is 0 Å². The number of hydrogen-bond acceptors (Lipinski definition) is 20. The van der Waals surface area contributed by atoms with Crippen LogP contribution >= 0.6 is 0 Å². The van der Waals surface area contributed by atoms with Gasteiger partial charge < -0.3 is 112 Å². The third kappa shape index (κ3) is 27.0. The Morgan fingerprint density at radius 3 is 1.57 bits per heavy atom. The van der Waals surface area contributed by atoms with E-state index in [1.165, 1.54) is 39.6 Å². The highest BCUT2D eigenvalue weighted by molar-refractivity contribution is 6.00. The van der Waals surface area contributed by atoms with Gasteiger partial charge in [-0.3, -0.25) is 77.3 Å². The van der Waals surface area contributed by atoms with Gasteiger partial charge in [0.1, 0.15) is 72.5 Å². The Bertz CT molecular complexity index is 3470. The molecule has 0 aliphatic carbocycles. The van der Waals surface area contributed by atoms with Crippen LogP contribution in [0.3, 0.4) is 0 Å². The maximum atomic E-state index is 14.5. The van der Waals surface area contributed by atoms with E-state index in [2.05, 4.69) is 78.1 Å². The number of guanidine groups is 2. The van der Waals surface area contributed by atoms with Crippen molar-refractivity contribution in [2.75, 3.05) is 52.4 Å². The second-order valence-electron chi connectivity index (χ2n) is 27.8. The number of nitrogens with zero attached hydrogens (tertiary/aromatic N) is 7. The maximum absolute atomic E-state index is 14.5. The lowest BCUT2D eigenvalue weighted by Gasteiger charge is -2.31. The molecule has 0 saturated carbocycles. The summed E-state index contributed by atoms with van der Waals surface area (Å²) in [6.07, 6.45) is 9.92. The molecule has 0 bridgehead atoms. The summed E-state index contributed by atoms with van der Waals surface area (Å²) < 4.78 is 0. The van der Waals surface area contributed by atoms with Gasteiger partial charge in [0.15, 0.2) is 11.9 Å². The molecule has 0 unspecified atom stereocenters. The lowest BCUT2D eigenvalue weighted by molar-refractivity contribution is -0.145. The summed E-state index contributed by atoms with van der Waals surface area (Å²) in [5, 5.41) is 47.1. The maximum Gasteiger partial charge on any atom is 0.326 e. The number of carbonyl (C=O) groups is 14.